The van der Waals surface area contributed by atoms with Gasteiger partial charge in [-0.15, -0.1) is 0 Å². The van der Waals surface area contributed by atoms with Gasteiger partial charge in [-0.3, -0.25) is 9.69 Å². The topological polar surface area (TPSA) is 23.6 Å². The van der Waals surface area contributed by atoms with Crippen molar-refractivity contribution in [2.75, 3.05) is 26.2 Å². The fraction of sp³-hybridized carbons (Fsp3) is 0.278. The fourth-order valence-electron chi connectivity index (χ4n) is 2.73. The summed E-state index contributed by atoms with van der Waals surface area (Å²) in [7, 11) is 0. The standard InChI is InChI=1S/C18H18ClFN2O/c19-16-5-3-15(4-6-16)18(23)22-11-9-21(10-12-22)13-14-1-7-17(20)8-2-14/h1-8H,9-13H2. The third-order valence-electron chi connectivity index (χ3n) is 4.07. The van der Waals surface area contributed by atoms with E-state index in [9.17, 15) is 9.18 Å². The monoisotopic (exact) mass is 332 g/mol. The Morgan fingerprint density at radius 2 is 1.57 bits per heavy atom. The van der Waals surface area contributed by atoms with Crippen molar-refractivity contribution in [3.8, 4) is 0 Å². The van der Waals surface area contributed by atoms with Gasteiger partial charge in [0.2, 0.25) is 0 Å². The van der Waals surface area contributed by atoms with Crippen molar-refractivity contribution in [1.82, 2.24) is 9.80 Å². The van der Waals surface area contributed by atoms with Crippen LogP contribution in [0, 0.1) is 5.82 Å². The maximum Gasteiger partial charge on any atom is 0.253 e. The van der Waals surface area contributed by atoms with Crippen molar-refractivity contribution in [2.24, 2.45) is 0 Å². The molecule has 1 heterocycles. The van der Waals surface area contributed by atoms with Crippen molar-refractivity contribution in [3.05, 3.63) is 70.5 Å². The highest BCUT2D eigenvalue weighted by Gasteiger charge is 2.22. The number of rotatable bonds is 3. The zero-order valence-corrected chi connectivity index (χ0v) is 13.5. The smallest absolute Gasteiger partial charge is 0.253 e. The van der Waals surface area contributed by atoms with Gasteiger partial charge in [-0.2, -0.15) is 0 Å². The van der Waals surface area contributed by atoms with E-state index >= 15 is 0 Å². The second-order valence-corrected chi connectivity index (χ2v) is 6.14. The number of amides is 1. The summed E-state index contributed by atoms with van der Waals surface area (Å²) in [6.07, 6.45) is 0. The van der Waals surface area contributed by atoms with Crippen LogP contribution in [0.3, 0.4) is 0 Å². The van der Waals surface area contributed by atoms with Crippen LogP contribution in [0.2, 0.25) is 5.02 Å². The minimum Gasteiger partial charge on any atom is -0.336 e. The van der Waals surface area contributed by atoms with Crippen molar-refractivity contribution >= 4 is 17.5 Å². The van der Waals surface area contributed by atoms with Crippen LogP contribution in [-0.2, 0) is 6.54 Å². The van der Waals surface area contributed by atoms with Gasteiger partial charge in [-0.05, 0) is 42.0 Å². The molecule has 120 valence electrons. The Hall–Kier alpha value is -1.91. The Bertz CT molecular complexity index is 664. The average molecular weight is 333 g/mol. The van der Waals surface area contributed by atoms with E-state index in [2.05, 4.69) is 4.90 Å². The molecule has 2 aromatic rings. The SMILES string of the molecule is O=C(c1ccc(Cl)cc1)N1CCN(Cc2ccc(F)cc2)CC1. The van der Waals surface area contributed by atoms with E-state index in [0.29, 0.717) is 23.7 Å². The molecule has 23 heavy (non-hydrogen) atoms. The molecule has 1 aliphatic heterocycles. The molecule has 1 saturated heterocycles. The number of piperazine rings is 1. The maximum atomic E-state index is 12.9. The second kappa shape index (κ2) is 7.11. The van der Waals surface area contributed by atoms with Crippen LogP contribution in [0.4, 0.5) is 4.39 Å². The van der Waals surface area contributed by atoms with Crippen LogP contribution < -0.4 is 0 Å². The number of carbonyl (C=O) groups is 1. The summed E-state index contributed by atoms with van der Waals surface area (Å²) in [5.41, 5.74) is 1.75. The van der Waals surface area contributed by atoms with E-state index in [1.165, 1.54) is 12.1 Å². The van der Waals surface area contributed by atoms with Crippen molar-refractivity contribution in [1.29, 1.82) is 0 Å². The van der Waals surface area contributed by atoms with Crippen LogP contribution in [0.5, 0.6) is 0 Å². The van der Waals surface area contributed by atoms with Gasteiger partial charge in [-0.1, -0.05) is 23.7 Å². The first kappa shape index (κ1) is 16.0. The van der Waals surface area contributed by atoms with E-state index in [0.717, 1.165) is 25.2 Å². The molecular formula is C18H18ClFN2O. The average Bonchev–Trinajstić information content (AvgIpc) is 2.58. The van der Waals surface area contributed by atoms with Gasteiger partial charge < -0.3 is 4.90 Å². The molecule has 0 aromatic heterocycles. The first-order valence-electron chi connectivity index (χ1n) is 7.63. The fourth-order valence-corrected chi connectivity index (χ4v) is 2.86. The lowest BCUT2D eigenvalue weighted by molar-refractivity contribution is 0.0628. The summed E-state index contributed by atoms with van der Waals surface area (Å²) in [5, 5.41) is 0.630. The molecule has 0 radical (unpaired) electrons. The van der Waals surface area contributed by atoms with Crippen LogP contribution in [-0.4, -0.2) is 41.9 Å². The van der Waals surface area contributed by atoms with Crippen molar-refractivity contribution in [3.63, 3.8) is 0 Å². The number of hydrogen-bond donors (Lipinski definition) is 0. The Labute approximate surface area is 140 Å². The third-order valence-corrected chi connectivity index (χ3v) is 4.32. The molecule has 1 fully saturated rings. The Balaban J connectivity index is 1.54. The predicted molar refractivity (Wildman–Crippen MR) is 89.0 cm³/mol. The molecule has 0 atom stereocenters. The van der Waals surface area contributed by atoms with E-state index < -0.39 is 0 Å². The lowest BCUT2D eigenvalue weighted by Crippen LogP contribution is -2.48. The van der Waals surface area contributed by atoms with Gasteiger partial charge in [0.1, 0.15) is 5.82 Å². The number of hydrogen-bond acceptors (Lipinski definition) is 2. The highest BCUT2D eigenvalue weighted by Crippen LogP contribution is 2.14. The van der Waals surface area contributed by atoms with Gasteiger partial charge in [0, 0.05) is 43.3 Å². The zero-order valence-electron chi connectivity index (χ0n) is 12.7. The zero-order chi connectivity index (χ0) is 16.2. The predicted octanol–water partition coefficient (Wildman–Crippen LogP) is 3.44. The number of carbonyl (C=O) groups excluding carboxylic acids is 1. The van der Waals surface area contributed by atoms with Gasteiger partial charge in [0.15, 0.2) is 0 Å². The quantitative estimate of drug-likeness (QED) is 0.859. The molecule has 2 aromatic carbocycles. The van der Waals surface area contributed by atoms with Gasteiger partial charge in [0.05, 0.1) is 0 Å². The molecule has 1 amide bonds. The molecule has 0 saturated carbocycles. The summed E-state index contributed by atoms with van der Waals surface area (Å²) >= 11 is 5.85. The Morgan fingerprint density at radius 1 is 0.957 bits per heavy atom. The summed E-state index contributed by atoms with van der Waals surface area (Å²) < 4.78 is 12.9. The van der Waals surface area contributed by atoms with E-state index in [1.54, 1.807) is 36.4 Å². The molecule has 3 rings (SSSR count). The largest absolute Gasteiger partial charge is 0.336 e. The molecular weight excluding hydrogens is 315 g/mol. The lowest BCUT2D eigenvalue weighted by atomic mass is 10.1. The Morgan fingerprint density at radius 3 is 2.17 bits per heavy atom. The summed E-state index contributed by atoms with van der Waals surface area (Å²) in [6.45, 7) is 3.81. The first-order valence-corrected chi connectivity index (χ1v) is 8.01. The number of nitrogens with zero attached hydrogens (tertiary/aromatic N) is 2. The third kappa shape index (κ3) is 4.09. The maximum absolute atomic E-state index is 12.9. The first-order chi connectivity index (χ1) is 11.1. The Kier molecular flexibility index (Phi) is 4.94. The normalized spacial score (nSPS) is 15.7. The highest BCUT2D eigenvalue weighted by atomic mass is 35.5. The molecule has 0 bridgehead atoms. The minimum atomic E-state index is -0.216. The van der Waals surface area contributed by atoms with E-state index in [4.69, 9.17) is 11.6 Å². The van der Waals surface area contributed by atoms with Gasteiger partial charge in [0.25, 0.3) is 5.91 Å². The second-order valence-electron chi connectivity index (χ2n) is 5.70. The van der Waals surface area contributed by atoms with Crippen LogP contribution in [0.1, 0.15) is 15.9 Å². The molecule has 3 nitrogen and oxygen atoms in total. The van der Waals surface area contributed by atoms with E-state index in [-0.39, 0.29) is 11.7 Å². The molecule has 1 aliphatic rings. The van der Waals surface area contributed by atoms with Crippen LogP contribution >= 0.6 is 11.6 Å². The van der Waals surface area contributed by atoms with Crippen LogP contribution in [0.25, 0.3) is 0 Å². The molecule has 0 aliphatic carbocycles. The summed E-state index contributed by atoms with van der Waals surface area (Å²) in [5.74, 6) is -0.171. The van der Waals surface area contributed by atoms with Crippen LogP contribution in [0.15, 0.2) is 48.5 Å². The number of halogens is 2. The highest BCUT2D eigenvalue weighted by molar-refractivity contribution is 6.30. The molecule has 0 spiro atoms. The van der Waals surface area contributed by atoms with Gasteiger partial charge >= 0.3 is 0 Å². The van der Waals surface area contributed by atoms with Gasteiger partial charge in [-0.25, -0.2) is 4.39 Å². The van der Waals surface area contributed by atoms with E-state index in [1.807, 2.05) is 4.90 Å². The number of benzene rings is 2. The van der Waals surface area contributed by atoms with Crippen molar-refractivity contribution < 1.29 is 9.18 Å². The minimum absolute atomic E-state index is 0.0445. The molecule has 0 unspecified atom stereocenters. The molecule has 0 N–H and O–H groups in total. The lowest BCUT2D eigenvalue weighted by Gasteiger charge is -2.34. The molecule has 5 heteroatoms. The summed E-state index contributed by atoms with van der Waals surface area (Å²) in [6, 6.07) is 13.6. The van der Waals surface area contributed by atoms with Crippen molar-refractivity contribution in [2.45, 2.75) is 6.54 Å². The summed E-state index contributed by atoms with van der Waals surface area (Å²) in [4.78, 5) is 16.6.